The van der Waals surface area contributed by atoms with E-state index in [-0.39, 0.29) is 40.6 Å². The minimum Gasteiger partial charge on any atom is -0.443 e. The number of fused-ring (bicyclic) bond motifs is 2. The zero-order valence-corrected chi connectivity index (χ0v) is 18.0. The van der Waals surface area contributed by atoms with E-state index >= 15 is 0 Å². The summed E-state index contributed by atoms with van der Waals surface area (Å²) in [5.41, 5.74) is -0.729. The molecule has 0 radical (unpaired) electrons. The normalized spacial score (nSPS) is 11.8. The Hall–Kier alpha value is -4.61. The molecule has 0 bridgehead atoms. The number of halogens is 3. The molecule has 5 rings (SSSR count). The number of hydrogen-bond donors (Lipinski definition) is 2. The molecule has 2 aromatic carbocycles. The molecule has 3 heterocycles. The van der Waals surface area contributed by atoms with Crippen LogP contribution in [0.15, 0.2) is 64.2 Å². The minimum absolute atomic E-state index is 0.0393. The summed E-state index contributed by atoms with van der Waals surface area (Å²) < 4.78 is 53.0. The lowest BCUT2D eigenvalue weighted by molar-refractivity contribution is -0.137. The van der Waals surface area contributed by atoms with Gasteiger partial charge in [-0.2, -0.15) is 13.2 Å². The van der Waals surface area contributed by atoms with Crippen molar-refractivity contribution in [2.45, 2.75) is 19.7 Å². The number of amides is 1. The van der Waals surface area contributed by atoms with Crippen molar-refractivity contribution in [1.82, 2.24) is 19.5 Å². The lowest BCUT2D eigenvalue weighted by atomic mass is 10.1. The molecule has 0 fully saturated rings. The van der Waals surface area contributed by atoms with Crippen LogP contribution in [-0.2, 0) is 17.5 Å². The topological polar surface area (TPSA) is 115 Å². The minimum atomic E-state index is -4.71. The van der Waals surface area contributed by atoms with Gasteiger partial charge in [0.15, 0.2) is 0 Å². The lowest BCUT2D eigenvalue weighted by Crippen LogP contribution is -2.15. The predicted molar refractivity (Wildman–Crippen MR) is 119 cm³/mol. The van der Waals surface area contributed by atoms with Crippen molar-refractivity contribution in [3.8, 4) is 5.69 Å². The number of aromatic amines is 1. The van der Waals surface area contributed by atoms with E-state index in [1.807, 2.05) is 12.1 Å². The van der Waals surface area contributed by atoms with Gasteiger partial charge in [-0.3, -0.25) is 10.1 Å². The van der Waals surface area contributed by atoms with E-state index in [1.54, 1.807) is 18.2 Å². The third-order valence-electron chi connectivity index (χ3n) is 5.20. The number of imidazole rings is 1. The Labute approximate surface area is 194 Å². The number of nitrogens with one attached hydrogen (secondary N) is 2. The van der Waals surface area contributed by atoms with Crippen LogP contribution in [0.5, 0.6) is 0 Å². The molecule has 3 aromatic heterocycles. The number of anilines is 1. The first-order valence-corrected chi connectivity index (χ1v) is 10.2. The molecule has 0 aliphatic carbocycles. The van der Waals surface area contributed by atoms with Gasteiger partial charge in [-0.1, -0.05) is 18.2 Å². The molecule has 2 N–H and O–H groups in total. The van der Waals surface area contributed by atoms with Crippen LogP contribution < -0.4 is 10.9 Å². The maximum atomic E-state index is 13.8. The summed E-state index contributed by atoms with van der Waals surface area (Å²) >= 11 is 0. The highest BCUT2D eigenvalue weighted by Gasteiger charge is 2.35. The summed E-state index contributed by atoms with van der Waals surface area (Å²) in [5.74, 6) is 0.188. The molecule has 178 valence electrons. The molecule has 35 heavy (non-hydrogen) atoms. The number of aryl methyl sites for hydroxylation is 1. The standard InChI is InChI=1S/C23H16F3N5O4/c1-12-21(32)29-16-7-15(23(24,25)26)18(8-17(16)28-12)31-9-14(27-11-31)10-34-22(33)30-20-6-13-4-2-3-5-19(13)35-20/h2-9,11H,10H2,1H3,(H,29,32)(H,30,33). The number of nitrogens with zero attached hydrogens (tertiary/aromatic N) is 3. The number of alkyl halides is 3. The third-order valence-corrected chi connectivity index (χ3v) is 5.20. The van der Waals surface area contributed by atoms with Crippen molar-refractivity contribution in [3.05, 3.63) is 82.3 Å². The number of rotatable bonds is 4. The molecule has 0 spiro atoms. The van der Waals surface area contributed by atoms with Gasteiger partial charge in [0.2, 0.25) is 5.88 Å². The van der Waals surface area contributed by atoms with Crippen LogP contribution in [0.4, 0.5) is 23.8 Å². The van der Waals surface area contributed by atoms with Crippen LogP contribution in [0, 0.1) is 6.92 Å². The fourth-order valence-electron chi connectivity index (χ4n) is 3.54. The molecule has 0 unspecified atom stereocenters. The van der Waals surface area contributed by atoms with Gasteiger partial charge < -0.3 is 18.7 Å². The Bertz CT molecular complexity index is 1600. The summed E-state index contributed by atoms with van der Waals surface area (Å²) in [4.78, 5) is 34.4. The second-order valence-electron chi connectivity index (χ2n) is 7.66. The van der Waals surface area contributed by atoms with Crippen molar-refractivity contribution in [2.24, 2.45) is 0 Å². The highest BCUT2D eigenvalue weighted by Crippen LogP contribution is 2.35. The Balaban J connectivity index is 1.36. The summed E-state index contributed by atoms with van der Waals surface area (Å²) in [6.07, 6.45) is -3.05. The number of aromatic nitrogens is 4. The van der Waals surface area contributed by atoms with Crippen molar-refractivity contribution in [2.75, 3.05) is 5.32 Å². The molecule has 9 nitrogen and oxygen atoms in total. The lowest BCUT2D eigenvalue weighted by Gasteiger charge is -2.14. The monoisotopic (exact) mass is 483 g/mol. The largest absolute Gasteiger partial charge is 0.443 e. The van der Waals surface area contributed by atoms with Crippen LogP contribution in [0.25, 0.3) is 27.7 Å². The quantitative estimate of drug-likeness (QED) is 0.375. The SMILES string of the molecule is Cc1nc2cc(-n3cnc(COC(=O)Nc4cc5ccccc5o4)c3)c(C(F)(F)F)cc2[nH]c1=O. The van der Waals surface area contributed by atoms with Gasteiger partial charge in [-0.25, -0.2) is 14.8 Å². The molecule has 0 aliphatic rings. The van der Waals surface area contributed by atoms with E-state index in [9.17, 15) is 22.8 Å². The number of benzene rings is 2. The van der Waals surface area contributed by atoms with Gasteiger partial charge in [-0.15, -0.1) is 0 Å². The smallest absolute Gasteiger partial charge is 0.418 e. The van der Waals surface area contributed by atoms with Crippen molar-refractivity contribution in [3.63, 3.8) is 0 Å². The van der Waals surface area contributed by atoms with Gasteiger partial charge in [0.1, 0.15) is 17.9 Å². The molecule has 0 aliphatic heterocycles. The summed E-state index contributed by atoms with van der Waals surface area (Å²) in [7, 11) is 0. The van der Waals surface area contributed by atoms with Gasteiger partial charge in [-0.05, 0) is 25.1 Å². The number of furan rings is 1. The van der Waals surface area contributed by atoms with Crippen molar-refractivity contribution >= 4 is 34.0 Å². The van der Waals surface area contributed by atoms with E-state index in [4.69, 9.17) is 9.15 Å². The highest BCUT2D eigenvalue weighted by molar-refractivity contribution is 5.88. The first-order valence-electron chi connectivity index (χ1n) is 10.2. The third kappa shape index (κ3) is 4.45. The van der Waals surface area contributed by atoms with Gasteiger partial charge in [0.25, 0.3) is 5.56 Å². The van der Waals surface area contributed by atoms with Gasteiger partial charge in [0, 0.05) is 17.6 Å². The molecule has 1 amide bonds. The Morgan fingerprint density at radius 2 is 2.03 bits per heavy atom. The summed E-state index contributed by atoms with van der Waals surface area (Å²) in [6.45, 7) is 1.16. The fraction of sp³-hybridized carbons (Fsp3) is 0.130. The Kier molecular flexibility index (Phi) is 5.27. The maximum Gasteiger partial charge on any atom is 0.418 e. The molecule has 0 atom stereocenters. The second-order valence-corrected chi connectivity index (χ2v) is 7.66. The van der Waals surface area contributed by atoms with Crippen LogP contribution in [0.1, 0.15) is 17.0 Å². The Morgan fingerprint density at radius 1 is 1.23 bits per heavy atom. The zero-order chi connectivity index (χ0) is 24.7. The van der Waals surface area contributed by atoms with Gasteiger partial charge in [0.05, 0.1) is 34.3 Å². The average Bonchev–Trinajstić information content (AvgIpc) is 3.43. The van der Waals surface area contributed by atoms with E-state index < -0.39 is 23.4 Å². The number of hydrogen-bond acceptors (Lipinski definition) is 6. The molecular formula is C23H16F3N5O4. The van der Waals surface area contributed by atoms with Gasteiger partial charge >= 0.3 is 12.3 Å². The van der Waals surface area contributed by atoms with Crippen molar-refractivity contribution in [1.29, 1.82) is 0 Å². The van der Waals surface area contributed by atoms with Crippen LogP contribution in [-0.4, -0.2) is 25.6 Å². The number of ether oxygens (including phenoxy) is 1. The molecule has 0 saturated heterocycles. The Morgan fingerprint density at radius 3 is 2.80 bits per heavy atom. The van der Waals surface area contributed by atoms with Crippen LogP contribution in [0.2, 0.25) is 0 Å². The van der Waals surface area contributed by atoms with E-state index in [0.717, 1.165) is 16.0 Å². The molecule has 12 heteroatoms. The zero-order valence-electron chi connectivity index (χ0n) is 18.0. The van der Waals surface area contributed by atoms with Crippen molar-refractivity contribution < 1.29 is 27.1 Å². The van der Waals surface area contributed by atoms with Crippen LogP contribution in [0.3, 0.4) is 0 Å². The number of carbonyl (C=O) groups is 1. The fourth-order valence-corrected chi connectivity index (χ4v) is 3.54. The summed E-state index contributed by atoms with van der Waals surface area (Å²) in [6, 6.07) is 10.9. The summed E-state index contributed by atoms with van der Waals surface area (Å²) in [5, 5.41) is 3.25. The highest BCUT2D eigenvalue weighted by atomic mass is 19.4. The van der Waals surface area contributed by atoms with Crippen LogP contribution >= 0.6 is 0 Å². The number of H-pyrrole nitrogens is 1. The first-order chi connectivity index (χ1) is 16.7. The maximum absolute atomic E-state index is 13.8. The van der Waals surface area contributed by atoms with E-state index in [0.29, 0.717) is 5.58 Å². The average molecular weight is 483 g/mol. The van der Waals surface area contributed by atoms with E-state index in [1.165, 1.54) is 25.5 Å². The predicted octanol–water partition coefficient (Wildman–Crippen LogP) is 4.93. The first kappa shape index (κ1) is 22.2. The molecule has 0 saturated carbocycles. The molecular weight excluding hydrogens is 467 g/mol. The van der Waals surface area contributed by atoms with E-state index in [2.05, 4.69) is 20.3 Å². The molecule has 5 aromatic rings. The number of para-hydroxylation sites is 1. The second kappa shape index (κ2) is 8.31. The number of carbonyl (C=O) groups excluding carboxylic acids is 1.